The molecular formula is C20H31N3O3. The van der Waals surface area contributed by atoms with Gasteiger partial charge in [0.05, 0.1) is 18.6 Å². The summed E-state index contributed by atoms with van der Waals surface area (Å²) in [6.07, 6.45) is 6.76. The number of nitrogens with zero attached hydrogens (tertiary/aromatic N) is 3. The van der Waals surface area contributed by atoms with E-state index in [-0.39, 0.29) is 18.5 Å². The normalized spacial score (nSPS) is 15.7. The molecule has 0 radical (unpaired) electrons. The number of hydrogen-bond donors (Lipinski definition) is 0. The minimum absolute atomic E-state index is 0.0430. The van der Waals surface area contributed by atoms with Crippen LogP contribution in [0.5, 0.6) is 0 Å². The van der Waals surface area contributed by atoms with Crippen molar-refractivity contribution in [2.24, 2.45) is 5.41 Å². The molecule has 6 heteroatoms. The molecule has 0 saturated carbocycles. The van der Waals surface area contributed by atoms with Crippen molar-refractivity contribution in [2.45, 2.75) is 65.6 Å². The lowest BCUT2D eigenvalue weighted by atomic mass is 9.75. The molecule has 26 heavy (non-hydrogen) atoms. The van der Waals surface area contributed by atoms with Crippen LogP contribution < -0.4 is 17.1 Å². The quantitative estimate of drug-likeness (QED) is 0.602. The van der Waals surface area contributed by atoms with Crippen molar-refractivity contribution in [2.75, 3.05) is 0 Å². The van der Waals surface area contributed by atoms with Crippen LogP contribution in [0.2, 0.25) is 0 Å². The molecule has 1 aromatic rings. The summed E-state index contributed by atoms with van der Waals surface area (Å²) in [4.78, 5) is 38.6. The van der Waals surface area contributed by atoms with Crippen LogP contribution >= 0.6 is 0 Å². The van der Waals surface area contributed by atoms with E-state index in [0.29, 0.717) is 12.8 Å². The highest BCUT2D eigenvalue weighted by Gasteiger charge is 2.36. The Hall–Kier alpha value is -2.37. The van der Waals surface area contributed by atoms with Gasteiger partial charge in [0.2, 0.25) is 0 Å². The van der Waals surface area contributed by atoms with Crippen LogP contribution in [0.4, 0.5) is 0 Å². The van der Waals surface area contributed by atoms with Crippen LogP contribution in [0, 0.1) is 5.41 Å². The third-order valence-electron chi connectivity index (χ3n) is 5.32. The van der Waals surface area contributed by atoms with Crippen molar-refractivity contribution in [1.29, 1.82) is 0 Å². The van der Waals surface area contributed by atoms with Gasteiger partial charge in [-0.15, -0.1) is 19.7 Å². The Labute approximate surface area is 154 Å². The lowest BCUT2D eigenvalue weighted by Crippen LogP contribution is -2.60. The van der Waals surface area contributed by atoms with Gasteiger partial charge >= 0.3 is 17.1 Å². The van der Waals surface area contributed by atoms with E-state index in [4.69, 9.17) is 0 Å². The maximum Gasteiger partial charge on any atom is 0.337 e. The largest absolute Gasteiger partial charge is 0.337 e. The van der Waals surface area contributed by atoms with Gasteiger partial charge in [0.25, 0.3) is 0 Å². The highest BCUT2D eigenvalue weighted by Crippen LogP contribution is 2.37. The average molecular weight is 361 g/mol. The van der Waals surface area contributed by atoms with Crippen molar-refractivity contribution in [1.82, 2.24) is 13.7 Å². The van der Waals surface area contributed by atoms with Gasteiger partial charge in [0, 0.05) is 0 Å². The standard InChI is InChI=1S/C20H31N3O3/c1-8-13-21-16(24)22(14-9-2)18(26)23(17(21)25)20(7,12-5)15-19(6,10-3)11-4/h8-10H,1-3,11-15H2,4-7H3. The van der Waals surface area contributed by atoms with Gasteiger partial charge in [-0.2, -0.15) is 0 Å². The Kier molecular flexibility index (Phi) is 6.95. The molecule has 0 N–H and O–H groups in total. The SMILES string of the molecule is C=CCn1c(=O)n(CC=C)c(=O)n(C(C)(CC)CC(C)(C=C)CC)c1=O. The van der Waals surface area contributed by atoms with E-state index in [9.17, 15) is 14.4 Å². The first-order valence-electron chi connectivity index (χ1n) is 8.97. The molecule has 2 unspecified atom stereocenters. The molecule has 0 bridgehead atoms. The number of hydrogen-bond acceptors (Lipinski definition) is 3. The summed E-state index contributed by atoms with van der Waals surface area (Å²) in [5.74, 6) is 0. The van der Waals surface area contributed by atoms with E-state index < -0.39 is 22.6 Å². The minimum atomic E-state index is -0.757. The maximum absolute atomic E-state index is 13.0. The molecule has 1 heterocycles. The van der Waals surface area contributed by atoms with E-state index in [1.807, 2.05) is 19.9 Å². The smallest absolute Gasteiger partial charge is 0.247 e. The van der Waals surface area contributed by atoms with Gasteiger partial charge in [0.15, 0.2) is 0 Å². The van der Waals surface area contributed by atoms with E-state index >= 15 is 0 Å². The number of allylic oxidation sites excluding steroid dienone is 3. The molecule has 0 spiro atoms. The van der Waals surface area contributed by atoms with Crippen LogP contribution in [0.1, 0.15) is 47.0 Å². The van der Waals surface area contributed by atoms with Gasteiger partial charge in [-0.3, -0.25) is 0 Å². The van der Waals surface area contributed by atoms with Crippen molar-refractivity contribution in [3.63, 3.8) is 0 Å². The van der Waals surface area contributed by atoms with Crippen molar-refractivity contribution < 1.29 is 0 Å². The highest BCUT2D eigenvalue weighted by atomic mass is 16.2. The molecule has 0 aromatic carbocycles. The molecule has 0 aliphatic carbocycles. The summed E-state index contributed by atoms with van der Waals surface area (Å²) >= 11 is 0. The first kappa shape index (κ1) is 21.7. The van der Waals surface area contributed by atoms with E-state index in [1.165, 1.54) is 16.7 Å². The van der Waals surface area contributed by atoms with Gasteiger partial charge in [0.1, 0.15) is 0 Å². The molecule has 1 aromatic heterocycles. The van der Waals surface area contributed by atoms with E-state index in [2.05, 4.69) is 33.6 Å². The van der Waals surface area contributed by atoms with E-state index in [1.54, 1.807) is 0 Å². The molecule has 0 amide bonds. The van der Waals surface area contributed by atoms with Crippen LogP contribution in [0.15, 0.2) is 52.3 Å². The second-order valence-corrected chi connectivity index (χ2v) is 7.22. The minimum Gasteiger partial charge on any atom is -0.247 e. The lowest BCUT2D eigenvalue weighted by Gasteiger charge is -2.38. The molecule has 6 nitrogen and oxygen atoms in total. The fourth-order valence-corrected chi connectivity index (χ4v) is 3.24. The monoisotopic (exact) mass is 361 g/mol. The van der Waals surface area contributed by atoms with Crippen LogP contribution in [-0.4, -0.2) is 13.7 Å². The highest BCUT2D eigenvalue weighted by molar-refractivity contribution is 4.99. The fraction of sp³-hybridized carbons (Fsp3) is 0.550. The Morgan fingerprint density at radius 3 is 1.62 bits per heavy atom. The van der Waals surface area contributed by atoms with Gasteiger partial charge in [-0.05, 0) is 31.6 Å². The van der Waals surface area contributed by atoms with Gasteiger partial charge in [-0.25, -0.2) is 28.1 Å². The van der Waals surface area contributed by atoms with E-state index in [0.717, 1.165) is 15.6 Å². The summed E-state index contributed by atoms with van der Waals surface area (Å²) in [7, 11) is 0. The van der Waals surface area contributed by atoms with Crippen molar-refractivity contribution >= 4 is 0 Å². The molecule has 0 aliphatic rings. The first-order chi connectivity index (χ1) is 12.1. The summed E-state index contributed by atoms with van der Waals surface area (Å²) in [6.45, 7) is 19.1. The molecule has 0 aliphatic heterocycles. The third kappa shape index (κ3) is 3.89. The molecule has 2 atom stereocenters. The summed E-state index contributed by atoms with van der Waals surface area (Å²) in [5.41, 5.74) is -2.85. The average Bonchev–Trinajstić information content (AvgIpc) is 2.62. The maximum atomic E-state index is 13.0. The summed E-state index contributed by atoms with van der Waals surface area (Å²) in [6, 6.07) is 0. The predicted molar refractivity (Wildman–Crippen MR) is 107 cm³/mol. The molecule has 144 valence electrons. The second kappa shape index (κ2) is 8.34. The lowest BCUT2D eigenvalue weighted by molar-refractivity contribution is 0.170. The Bertz CT molecular complexity index is 810. The zero-order valence-corrected chi connectivity index (χ0v) is 16.5. The number of aromatic nitrogens is 3. The van der Waals surface area contributed by atoms with Crippen LogP contribution in [-0.2, 0) is 18.6 Å². The topological polar surface area (TPSA) is 66.0 Å². The molecular weight excluding hydrogens is 330 g/mol. The Morgan fingerprint density at radius 2 is 1.31 bits per heavy atom. The second-order valence-electron chi connectivity index (χ2n) is 7.22. The third-order valence-corrected chi connectivity index (χ3v) is 5.32. The van der Waals surface area contributed by atoms with Crippen LogP contribution in [0.25, 0.3) is 0 Å². The van der Waals surface area contributed by atoms with Crippen molar-refractivity contribution in [3.8, 4) is 0 Å². The zero-order valence-electron chi connectivity index (χ0n) is 16.5. The number of rotatable bonds is 10. The molecule has 0 fully saturated rings. The van der Waals surface area contributed by atoms with Gasteiger partial charge < -0.3 is 0 Å². The summed E-state index contributed by atoms with van der Waals surface area (Å²) in [5, 5.41) is 0. The zero-order chi connectivity index (χ0) is 20.1. The summed E-state index contributed by atoms with van der Waals surface area (Å²) < 4.78 is 3.31. The predicted octanol–water partition coefficient (Wildman–Crippen LogP) is 2.66. The molecule has 1 rings (SSSR count). The Balaban J connectivity index is 3.88. The Morgan fingerprint density at radius 1 is 0.846 bits per heavy atom. The molecule has 0 saturated heterocycles. The van der Waals surface area contributed by atoms with Gasteiger partial charge in [-0.1, -0.05) is 39.0 Å². The van der Waals surface area contributed by atoms with Crippen LogP contribution in [0.3, 0.4) is 0 Å². The fourth-order valence-electron chi connectivity index (χ4n) is 3.24. The van der Waals surface area contributed by atoms with Crippen molar-refractivity contribution in [3.05, 3.63) is 69.4 Å². The first-order valence-corrected chi connectivity index (χ1v) is 8.97.